The van der Waals surface area contributed by atoms with Crippen LogP contribution in [0.1, 0.15) is 40.2 Å². The van der Waals surface area contributed by atoms with Gasteiger partial charge in [0.25, 0.3) is 5.91 Å². The van der Waals surface area contributed by atoms with Gasteiger partial charge < -0.3 is 5.32 Å². The molecule has 0 aliphatic heterocycles. The Morgan fingerprint density at radius 3 is 2.40 bits per heavy atom. The molecule has 0 spiro atoms. The third-order valence-electron chi connectivity index (χ3n) is 4.36. The second kappa shape index (κ2) is 7.88. The maximum Gasteiger partial charge on any atom is 0.251 e. The highest BCUT2D eigenvalue weighted by Crippen LogP contribution is 2.14. The maximum absolute atomic E-state index is 12.3. The van der Waals surface area contributed by atoms with Crippen LogP contribution in [0.5, 0.6) is 0 Å². The summed E-state index contributed by atoms with van der Waals surface area (Å²) in [6.45, 7) is 4.56. The van der Waals surface area contributed by atoms with Gasteiger partial charge in [-0.2, -0.15) is 0 Å². The van der Waals surface area contributed by atoms with Gasteiger partial charge in [0, 0.05) is 12.1 Å². The minimum absolute atomic E-state index is 0.0540. The van der Waals surface area contributed by atoms with E-state index in [0.29, 0.717) is 12.1 Å². The number of nitrogens with one attached hydrogen (secondary N) is 1. The Bertz CT molecular complexity index is 875. The van der Waals surface area contributed by atoms with Crippen molar-refractivity contribution in [1.82, 2.24) is 15.3 Å². The molecule has 1 N–H and O–H groups in total. The summed E-state index contributed by atoms with van der Waals surface area (Å²) in [5, 5.41) is 2.99. The summed E-state index contributed by atoms with van der Waals surface area (Å²) in [5.74, 6) is -0.0540. The van der Waals surface area contributed by atoms with E-state index in [1.165, 1.54) is 5.56 Å². The summed E-state index contributed by atoms with van der Waals surface area (Å²) in [7, 11) is 0. The van der Waals surface area contributed by atoms with Crippen molar-refractivity contribution < 1.29 is 4.79 Å². The molecule has 0 aliphatic rings. The van der Waals surface area contributed by atoms with Crippen molar-refractivity contribution >= 4 is 16.9 Å². The molecule has 3 aromatic rings. The third-order valence-corrected chi connectivity index (χ3v) is 4.36. The van der Waals surface area contributed by atoms with Gasteiger partial charge in [0.05, 0.1) is 22.4 Å². The largest absolute Gasteiger partial charge is 0.352 e. The zero-order chi connectivity index (χ0) is 17.6. The fourth-order valence-corrected chi connectivity index (χ4v) is 2.77. The summed E-state index contributed by atoms with van der Waals surface area (Å²) in [4.78, 5) is 21.3. The molecule has 1 aromatic heterocycles. The molecule has 0 fully saturated rings. The number of amides is 1. The number of carbonyl (C=O) groups is 1. The third kappa shape index (κ3) is 4.41. The van der Waals surface area contributed by atoms with Crippen LogP contribution in [-0.2, 0) is 6.42 Å². The van der Waals surface area contributed by atoms with E-state index in [4.69, 9.17) is 0 Å². The molecule has 0 unspecified atom stereocenters. The Balaban J connectivity index is 1.52. The van der Waals surface area contributed by atoms with Crippen molar-refractivity contribution in [2.75, 3.05) is 6.54 Å². The summed E-state index contributed by atoms with van der Waals surface area (Å²) in [5.41, 5.74) is 5.37. The summed E-state index contributed by atoms with van der Waals surface area (Å²) < 4.78 is 0. The van der Waals surface area contributed by atoms with Crippen molar-refractivity contribution in [2.45, 2.75) is 33.1 Å². The Morgan fingerprint density at radius 2 is 1.64 bits per heavy atom. The molecule has 4 heteroatoms. The van der Waals surface area contributed by atoms with E-state index in [0.717, 1.165) is 41.7 Å². The van der Waals surface area contributed by atoms with E-state index in [2.05, 4.69) is 39.6 Å². The highest BCUT2D eigenvalue weighted by molar-refractivity contribution is 5.97. The lowest BCUT2D eigenvalue weighted by atomic mass is 10.1. The number of nitrogens with zero attached hydrogens (tertiary/aromatic N) is 2. The van der Waals surface area contributed by atoms with Crippen LogP contribution in [0.4, 0.5) is 0 Å². The standard InChI is InChI=1S/C21H23N3O/c1-15-16(2)24-20-14-18(11-12-19(20)23-15)21(25)22-13-7-6-10-17-8-4-3-5-9-17/h3-5,8-9,11-12,14H,6-7,10,13H2,1-2H3,(H,22,25). The van der Waals surface area contributed by atoms with Crippen molar-refractivity contribution in [3.63, 3.8) is 0 Å². The van der Waals surface area contributed by atoms with E-state index in [-0.39, 0.29) is 5.91 Å². The lowest BCUT2D eigenvalue weighted by Crippen LogP contribution is -2.24. The van der Waals surface area contributed by atoms with Gasteiger partial charge in [-0.05, 0) is 56.9 Å². The topological polar surface area (TPSA) is 54.9 Å². The molecule has 128 valence electrons. The molecule has 1 amide bonds. The molecule has 0 radical (unpaired) electrons. The molecule has 2 aromatic carbocycles. The first-order valence-electron chi connectivity index (χ1n) is 8.70. The summed E-state index contributed by atoms with van der Waals surface area (Å²) >= 11 is 0. The highest BCUT2D eigenvalue weighted by Gasteiger charge is 2.08. The fraction of sp³-hybridized carbons (Fsp3) is 0.286. The van der Waals surface area contributed by atoms with Crippen molar-refractivity contribution in [3.8, 4) is 0 Å². The zero-order valence-corrected chi connectivity index (χ0v) is 14.7. The van der Waals surface area contributed by atoms with E-state index in [1.807, 2.05) is 38.1 Å². The van der Waals surface area contributed by atoms with Crippen LogP contribution in [0.3, 0.4) is 0 Å². The molecule has 25 heavy (non-hydrogen) atoms. The molecule has 0 saturated heterocycles. The number of fused-ring (bicyclic) bond motifs is 1. The molecule has 0 bridgehead atoms. The minimum atomic E-state index is -0.0540. The maximum atomic E-state index is 12.3. The predicted octanol–water partition coefficient (Wildman–Crippen LogP) is 4.00. The molecule has 0 aliphatic carbocycles. The second-order valence-corrected chi connectivity index (χ2v) is 6.30. The molecule has 0 saturated carbocycles. The number of aryl methyl sites for hydroxylation is 3. The Labute approximate surface area is 148 Å². The molecule has 4 nitrogen and oxygen atoms in total. The Hall–Kier alpha value is -2.75. The normalized spacial score (nSPS) is 10.8. The smallest absolute Gasteiger partial charge is 0.251 e. The lowest BCUT2D eigenvalue weighted by Gasteiger charge is -2.07. The molecular formula is C21H23N3O. The van der Waals surface area contributed by atoms with Crippen LogP contribution < -0.4 is 5.32 Å². The van der Waals surface area contributed by atoms with Crippen LogP contribution >= 0.6 is 0 Å². The Kier molecular flexibility index (Phi) is 5.39. The number of carbonyl (C=O) groups excluding carboxylic acids is 1. The monoisotopic (exact) mass is 333 g/mol. The van der Waals surface area contributed by atoms with Crippen molar-refractivity contribution in [3.05, 3.63) is 71.0 Å². The van der Waals surface area contributed by atoms with Crippen LogP contribution in [-0.4, -0.2) is 22.4 Å². The van der Waals surface area contributed by atoms with E-state index in [1.54, 1.807) is 0 Å². The van der Waals surface area contributed by atoms with Gasteiger partial charge in [-0.1, -0.05) is 30.3 Å². The van der Waals surface area contributed by atoms with Gasteiger partial charge >= 0.3 is 0 Å². The van der Waals surface area contributed by atoms with E-state index in [9.17, 15) is 4.79 Å². The SMILES string of the molecule is Cc1nc2ccc(C(=O)NCCCCc3ccccc3)cc2nc1C. The van der Waals surface area contributed by atoms with E-state index < -0.39 is 0 Å². The van der Waals surface area contributed by atoms with Gasteiger partial charge in [0.1, 0.15) is 0 Å². The van der Waals surface area contributed by atoms with Crippen molar-refractivity contribution in [2.24, 2.45) is 0 Å². The van der Waals surface area contributed by atoms with Gasteiger partial charge in [-0.15, -0.1) is 0 Å². The molecule has 1 heterocycles. The van der Waals surface area contributed by atoms with Gasteiger partial charge in [-0.3, -0.25) is 4.79 Å². The fourth-order valence-electron chi connectivity index (χ4n) is 2.77. The first-order valence-corrected chi connectivity index (χ1v) is 8.70. The van der Waals surface area contributed by atoms with E-state index >= 15 is 0 Å². The average molecular weight is 333 g/mol. The predicted molar refractivity (Wildman–Crippen MR) is 101 cm³/mol. The summed E-state index contributed by atoms with van der Waals surface area (Å²) in [6, 6.07) is 15.9. The van der Waals surface area contributed by atoms with Crippen LogP contribution in [0.25, 0.3) is 11.0 Å². The van der Waals surface area contributed by atoms with Gasteiger partial charge in [0.2, 0.25) is 0 Å². The number of hydrogen-bond donors (Lipinski definition) is 1. The number of benzene rings is 2. The number of rotatable bonds is 6. The van der Waals surface area contributed by atoms with Gasteiger partial charge in [-0.25, -0.2) is 9.97 Å². The number of aromatic nitrogens is 2. The van der Waals surface area contributed by atoms with Crippen LogP contribution in [0.15, 0.2) is 48.5 Å². The first-order chi connectivity index (χ1) is 12.1. The summed E-state index contributed by atoms with van der Waals surface area (Å²) in [6.07, 6.45) is 3.07. The van der Waals surface area contributed by atoms with Crippen molar-refractivity contribution in [1.29, 1.82) is 0 Å². The average Bonchev–Trinajstić information content (AvgIpc) is 2.63. The number of hydrogen-bond acceptors (Lipinski definition) is 3. The number of unbranched alkanes of at least 4 members (excludes halogenated alkanes) is 1. The van der Waals surface area contributed by atoms with Crippen LogP contribution in [0.2, 0.25) is 0 Å². The second-order valence-electron chi connectivity index (χ2n) is 6.30. The molecule has 0 atom stereocenters. The minimum Gasteiger partial charge on any atom is -0.352 e. The molecule has 3 rings (SSSR count). The van der Waals surface area contributed by atoms with Gasteiger partial charge in [0.15, 0.2) is 0 Å². The highest BCUT2D eigenvalue weighted by atomic mass is 16.1. The first kappa shape index (κ1) is 17.1. The lowest BCUT2D eigenvalue weighted by molar-refractivity contribution is 0.0953. The molecular weight excluding hydrogens is 310 g/mol. The van der Waals surface area contributed by atoms with Crippen LogP contribution in [0, 0.1) is 13.8 Å². The zero-order valence-electron chi connectivity index (χ0n) is 14.7. The quantitative estimate of drug-likeness (QED) is 0.694. The Morgan fingerprint density at radius 1 is 0.920 bits per heavy atom.